The molecule has 158 valence electrons. The molecule has 0 aliphatic carbocycles. The Bertz CT molecular complexity index is 740. The minimum Gasteiger partial charge on any atom is -0.370 e. The summed E-state index contributed by atoms with van der Waals surface area (Å²) in [6.07, 6.45) is 3.69. The molecule has 3 rings (SSSR count). The van der Waals surface area contributed by atoms with E-state index in [0.717, 1.165) is 31.4 Å². The largest absolute Gasteiger partial charge is 0.370 e. The van der Waals surface area contributed by atoms with Gasteiger partial charge in [0.2, 0.25) is 11.8 Å². The number of piperidine rings is 1. The van der Waals surface area contributed by atoms with Crippen LogP contribution in [0.4, 0.5) is 0 Å². The van der Waals surface area contributed by atoms with Gasteiger partial charge >= 0.3 is 0 Å². The molecule has 2 amide bonds. The summed E-state index contributed by atoms with van der Waals surface area (Å²) in [5.41, 5.74) is 12.8. The van der Waals surface area contributed by atoms with Crippen LogP contribution in [0.25, 0.3) is 0 Å². The van der Waals surface area contributed by atoms with E-state index >= 15 is 0 Å². The maximum absolute atomic E-state index is 13.2. The molecule has 0 spiro atoms. The topological polar surface area (TPSA) is 120 Å². The lowest BCUT2D eigenvalue weighted by Crippen LogP contribution is -2.57. The number of benzene rings is 1. The third-order valence-corrected chi connectivity index (χ3v) is 6.07. The highest BCUT2D eigenvalue weighted by atomic mass is 16.2. The lowest BCUT2D eigenvalue weighted by Gasteiger charge is -2.39. The van der Waals surface area contributed by atoms with E-state index in [1.54, 1.807) is 21.7 Å². The zero-order chi connectivity index (χ0) is 21.0. The first-order valence-corrected chi connectivity index (χ1v) is 10.3. The second-order valence-electron chi connectivity index (χ2n) is 8.06. The van der Waals surface area contributed by atoms with Gasteiger partial charge in [-0.15, -0.1) is 0 Å². The highest BCUT2D eigenvalue weighted by Gasteiger charge is 2.39. The number of hydrogen-bond acceptors (Lipinski definition) is 4. The SMILES string of the molecule is CN(C(=O)[C@@H]1CCCN1C(=O)[C@H](N)Cc1ccccc1)C1CCCN(C(=N)N)C1. The predicted octanol–water partition coefficient (Wildman–Crippen LogP) is 0.364. The Hall–Kier alpha value is -2.61. The van der Waals surface area contributed by atoms with Crippen LogP contribution in [0.1, 0.15) is 31.2 Å². The van der Waals surface area contributed by atoms with Crippen molar-refractivity contribution >= 4 is 17.8 Å². The molecule has 2 aliphatic rings. The number of rotatable bonds is 5. The van der Waals surface area contributed by atoms with Crippen LogP contribution < -0.4 is 11.5 Å². The quantitative estimate of drug-likeness (QED) is 0.487. The van der Waals surface area contributed by atoms with Crippen molar-refractivity contribution in [2.75, 3.05) is 26.7 Å². The molecule has 8 nitrogen and oxygen atoms in total. The van der Waals surface area contributed by atoms with Crippen molar-refractivity contribution in [2.24, 2.45) is 11.5 Å². The Balaban J connectivity index is 1.63. The molecule has 5 N–H and O–H groups in total. The van der Waals surface area contributed by atoms with E-state index < -0.39 is 12.1 Å². The molecule has 0 bridgehead atoms. The first kappa shape index (κ1) is 21.1. The molecule has 2 heterocycles. The van der Waals surface area contributed by atoms with Crippen LogP contribution in [-0.4, -0.2) is 77.3 Å². The summed E-state index contributed by atoms with van der Waals surface area (Å²) < 4.78 is 0. The van der Waals surface area contributed by atoms with E-state index in [9.17, 15) is 9.59 Å². The minimum atomic E-state index is -0.654. The summed E-state index contributed by atoms with van der Waals surface area (Å²) in [5.74, 6) is -0.162. The number of carbonyl (C=O) groups is 2. The van der Waals surface area contributed by atoms with Crippen LogP contribution in [0.3, 0.4) is 0 Å². The van der Waals surface area contributed by atoms with Gasteiger partial charge in [-0.2, -0.15) is 0 Å². The van der Waals surface area contributed by atoms with Gasteiger partial charge < -0.3 is 26.2 Å². The van der Waals surface area contributed by atoms with E-state index in [1.165, 1.54) is 0 Å². The number of likely N-dealkylation sites (tertiary alicyclic amines) is 2. The lowest BCUT2D eigenvalue weighted by molar-refractivity contribution is -0.145. The zero-order valence-electron chi connectivity index (χ0n) is 17.1. The number of guanidine groups is 1. The molecule has 29 heavy (non-hydrogen) atoms. The van der Waals surface area contributed by atoms with Crippen LogP contribution in [-0.2, 0) is 16.0 Å². The number of hydrogen-bond donors (Lipinski definition) is 3. The molecule has 2 fully saturated rings. The average molecular weight is 401 g/mol. The lowest BCUT2D eigenvalue weighted by atomic mass is 10.0. The Morgan fingerprint density at radius 1 is 1.21 bits per heavy atom. The number of nitrogens with zero attached hydrogens (tertiary/aromatic N) is 3. The number of carbonyl (C=O) groups excluding carboxylic acids is 2. The van der Waals surface area contributed by atoms with Crippen molar-refractivity contribution in [1.82, 2.24) is 14.7 Å². The van der Waals surface area contributed by atoms with Gasteiger partial charge in [0.15, 0.2) is 5.96 Å². The van der Waals surface area contributed by atoms with E-state index in [4.69, 9.17) is 16.9 Å². The molecule has 1 aromatic rings. The van der Waals surface area contributed by atoms with Gasteiger partial charge in [-0.1, -0.05) is 30.3 Å². The van der Waals surface area contributed by atoms with Gasteiger partial charge in [-0.25, -0.2) is 0 Å². The van der Waals surface area contributed by atoms with Crippen molar-refractivity contribution in [3.63, 3.8) is 0 Å². The fraction of sp³-hybridized carbons (Fsp3) is 0.571. The van der Waals surface area contributed by atoms with Crippen molar-refractivity contribution in [3.8, 4) is 0 Å². The Morgan fingerprint density at radius 2 is 1.90 bits per heavy atom. The van der Waals surface area contributed by atoms with E-state index in [-0.39, 0.29) is 23.8 Å². The van der Waals surface area contributed by atoms with Gasteiger partial charge in [-0.3, -0.25) is 15.0 Å². The molecule has 0 saturated carbocycles. The van der Waals surface area contributed by atoms with Crippen LogP contribution in [0.5, 0.6) is 0 Å². The third-order valence-electron chi connectivity index (χ3n) is 6.07. The van der Waals surface area contributed by atoms with Crippen LogP contribution >= 0.6 is 0 Å². The average Bonchev–Trinajstić information content (AvgIpc) is 3.22. The third kappa shape index (κ3) is 4.87. The molecule has 0 radical (unpaired) electrons. The number of likely N-dealkylation sites (N-methyl/N-ethyl adjacent to an activating group) is 1. The zero-order valence-corrected chi connectivity index (χ0v) is 17.1. The van der Waals surface area contributed by atoms with E-state index in [1.807, 2.05) is 30.3 Å². The first-order valence-electron chi connectivity index (χ1n) is 10.3. The number of nitrogens with two attached hydrogens (primary N) is 2. The Morgan fingerprint density at radius 3 is 2.59 bits per heavy atom. The van der Waals surface area contributed by atoms with E-state index in [0.29, 0.717) is 25.9 Å². The second-order valence-corrected chi connectivity index (χ2v) is 8.06. The maximum Gasteiger partial charge on any atom is 0.245 e. The fourth-order valence-corrected chi connectivity index (χ4v) is 4.36. The normalized spacial score (nSPS) is 23.0. The molecular formula is C21H32N6O2. The summed E-state index contributed by atoms with van der Waals surface area (Å²) >= 11 is 0. The van der Waals surface area contributed by atoms with Crippen molar-refractivity contribution < 1.29 is 9.59 Å². The summed E-state index contributed by atoms with van der Waals surface area (Å²) in [5, 5.41) is 7.66. The van der Waals surface area contributed by atoms with Crippen molar-refractivity contribution in [1.29, 1.82) is 5.41 Å². The molecule has 1 aromatic carbocycles. The standard InChI is InChI=1S/C21H32N6O2/c1-25(16-9-5-11-26(14-16)21(23)24)20(29)18-10-6-12-27(18)19(28)17(22)13-15-7-3-2-4-8-15/h2-4,7-8,16-18H,5-6,9-14,22H2,1H3,(H3,23,24)/t16?,17-,18+/m1/s1. The van der Waals surface area contributed by atoms with E-state index in [2.05, 4.69) is 0 Å². The molecule has 2 aliphatic heterocycles. The van der Waals surface area contributed by atoms with Gasteiger partial charge in [-0.05, 0) is 37.7 Å². The monoisotopic (exact) mass is 400 g/mol. The summed E-state index contributed by atoms with van der Waals surface area (Å²) in [6, 6.07) is 8.59. The Labute approximate surface area is 172 Å². The van der Waals surface area contributed by atoms with Gasteiger partial charge in [0.1, 0.15) is 6.04 Å². The number of amides is 2. The molecule has 3 atom stereocenters. The van der Waals surface area contributed by atoms with Crippen molar-refractivity contribution in [2.45, 2.75) is 50.2 Å². The summed E-state index contributed by atoms with van der Waals surface area (Å²) in [6.45, 7) is 1.87. The summed E-state index contributed by atoms with van der Waals surface area (Å²) in [7, 11) is 1.79. The Kier molecular flexibility index (Phi) is 6.74. The molecule has 1 unspecified atom stereocenters. The highest BCUT2D eigenvalue weighted by molar-refractivity contribution is 5.90. The second kappa shape index (κ2) is 9.26. The number of nitrogens with one attached hydrogen (secondary N) is 1. The highest BCUT2D eigenvalue weighted by Crippen LogP contribution is 2.23. The van der Waals surface area contributed by atoms with Crippen LogP contribution in [0, 0.1) is 5.41 Å². The maximum atomic E-state index is 13.2. The molecule has 2 saturated heterocycles. The van der Waals surface area contributed by atoms with Crippen LogP contribution in [0.15, 0.2) is 30.3 Å². The predicted molar refractivity (Wildman–Crippen MR) is 112 cm³/mol. The molecular weight excluding hydrogens is 368 g/mol. The molecule has 0 aromatic heterocycles. The summed E-state index contributed by atoms with van der Waals surface area (Å²) in [4.78, 5) is 31.4. The first-order chi connectivity index (χ1) is 13.9. The molecule has 8 heteroatoms. The smallest absolute Gasteiger partial charge is 0.245 e. The van der Waals surface area contributed by atoms with Crippen molar-refractivity contribution in [3.05, 3.63) is 35.9 Å². The van der Waals surface area contributed by atoms with Gasteiger partial charge in [0, 0.05) is 32.7 Å². The van der Waals surface area contributed by atoms with Crippen LogP contribution in [0.2, 0.25) is 0 Å². The fourth-order valence-electron chi connectivity index (χ4n) is 4.36. The minimum absolute atomic E-state index is 0.00399. The van der Waals surface area contributed by atoms with Gasteiger partial charge in [0.05, 0.1) is 6.04 Å². The van der Waals surface area contributed by atoms with Gasteiger partial charge in [0.25, 0.3) is 0 Å².